The van der Waals surface area contributed by atoms with Crippen LogP contribution in [0.3, 0.4) is 0 Å². The minimum absolute atomic E-state index is 0.124. The third kappa shape index (κ3) is 5.24. The zero-order valence-corrected chi connectivity index (χ0v) is 14.2. The second-order valence-electron chi connectivity index (χ2n) is 4.70. The van der Waals surface area contributed by atoms with Crippen LogP contribution in [-0.2, 0) is 9.59 Å². The first-order valence-corrected chi connectivity index (χ1v) is 8.30. The average Bonchev–Trinajstić information content (AvgIpc) is 2.61. The van der Waals surface area contributed by atoms with Crippen LogP contribution in [0, 0.1) is 0 Å². The normalized spacial score (nSPS) is 10.1. The van der Waals surface area contributed by atoms with Crippen LogP contribution >= 0.6 is 11.8 Å². The van der Waals surface area contributed by atoms with E-state index in [-0.39, 0.29) is 17.6 Å². The first-order valence-electron chi connectivity index (χ1n) is 7.31. The van der Waals surface area contributed by atoms with Crippen LogP contribution in [0.15, 0.2) is 41.4 Å². The summed E-state index contributed by atoms with van der Waals surface area (Å²) in [6, 6.07) is 10.6. The van der Waals surface area contributed by atoms with Crippen LogP contribution < -0.4 is 15.4 Å². The molecule has 2 amide bonds. The van der Waals surface area contributed by atoms with Crippen molar-refractivity contribution < 1.29 is 14.3 Å². The minimum Gasteiger partial charge on any atom is -0.495 e. The van der Waals surface area contributed by atoms with Crippen molar-refractivity contribution in [3.05, 3.63) is 36.4 Å². The lowest BCUT2D eigenvalue weighted by Gasteiger charge is -2.09. The van der Waals surface area contributed by atoms with Gasteiger partial charge in [-0.2, -0.15) is 0 Å². The Morgan fingerprint density at radius 1 is 1.08 bits per heavy atom. The molecule has 0 bridgehead atoms. The number of para-hydroxylation sites is 2. The Morgan fingerprint density at radius 2 is 1.88 bits per heavy atom. The summed E-state index contributed by atoms with van der Waals surface area (Å²) < 4.78 is 5.18. The Bertz CT molecular complexity index is 707. The first-order chi connectivity index (χ1) is 11.6. The Balaban J connectivity index is 1.86. The van der Waals surface area contributed by atoms with Gasteiger partial charge in [0.2, 0.25) is 11.8 Å². The zero-order chi connectivity index (χ0) is 17.4. The lowest BCUT2D eigenvalue weighted by atomic mass is 10.3. The monoisotopic (exact) mass is 346 g/mol. The van der Waals surface area contributed by atoms with Gasteiger partial charge in [-0.25, -0.2) is 0 Å². The summed E-state index contributed by atoms with van der Waals surface area (Å²) in [5.41, 5.74) is 0.620. The molecule has 1 aromatic heterocycles. The van der Waals surface area contributed by atoms with Crippen LogP contribution in [0.4, 0.5) is 11.5 Å². The minimum atomic E-state index is -0.172. The largest absolute Gasteiger partial charge is 0.495 e. The summed E-state index contributed by atoms with van der Waals surface area (Å²) in [5.74, 6) is 0.889. The van der Waals surface area contributed by atoms with Crippen molar-refractivity contribution in [3.63, 3.8) is 0 Å². The van der Waals surface area contributed by atoms with Gasteiger partial charge in [-0.05, 0) is 24.3 Å². The Labute approximate surface area is 144 Å². The van der Waals surface area contributed by atoms with E-state index in [1.165, 1.54) is 11.8 Å². The van der Waals surface area contributed by atoms with Crippen molar-refractivity contribution in [3.8, 4) is 5.75 Å². The van der Waals surface area contributed by atoms with Gasteiger partial charge in [0.05, 0.1) is 18.6 Å². The van der Waals surface area contributed by atoms with Gasteiger partial charge in [-0.15, -0.1) is 10.2 Å². The number of hydrogen-bond acceptors (Lipinski definition) is 6. The summed E-state index contributed by atoms with van der Waals surface area (Å²) in [6.45, 7) is 1.76. The van der Waals surface area contributed by atoms with E-state index in [0.29, 0.717) is 28.7 Å². The van der Waals surface area contributed by atoms with Crippen molar-refractivity contribution in [2.24, 2.45) is 0 Å². The topological polar surface area (TPSA) is 93.2 Å². The molecule has 24 heavy (non-hydrogen) atoms. The van der Waals surface area contributed by atoms with Crippen LogP contribution in [-0.4, -0.2) is 34.9 Å². The number of nitrogens with zero attached hydrogens (tertiary/aromatic N) is 2. The van der Waals surface area contributed by atoms with Gasteiger partial charge in [-0.1, -0.05) is 30.8 Å². The molecule has 0 fully saturated rings. The maximum atomic E-state index is 12.0. The van der Waals surface area contributed by atoms with Gasteiger partial charge in [0, 0.05) is 6.42 Å². The van der Waals surface area contributed by atoms with E-state index in [0.717, 1.165) is 0 Å². The number of aromatic nitrogens is 2. The number of thioether (sulfide) groups is 1. The first kappa shape index (κ1) is 17.7. The van der Waals surface area contributed by atoms with E-state index in [1.807, 2.05) is 12.1 Å². The predicted molar refractivity (Wildman–Crippen MR) is 93.3 cm³/mol. The highest BCUT2D eigenvalue weighted by Crippen LogP contribution is 2.23. The molecule has 1 heterocycles. The molecule has 2 rings (SSSR count). The standard InChI is InChI=1S/C16H18N4O3S/c1-3-14(21)18-13-8-9-16(20-19-13)24-10-15(22)17-11-6-4-5-7-12(11)23-2/h4-9H,3,10H2,1-2H3,(H,17,22)(H,18,19,21). The van der Waals surface area contributed by atoms with E-state index in [4.69, 9.17) is 4.74 Å². The van der Waals surface area contributed by atoms with E-state index >= 15 is 0 Å². The molecule has 0 atom stereocenters. The highest BCUT2D eigenvalue weighted by atomic mass is 32.2. The second kappa shape index (κ2) is 8.88. The average molecular weight is 346 g/mol. The van der Waals surface area contributed by atoms with Crippen molar-refractivity contribution in [1.29, 1.82) is 0 Å². The molecular formula is C16H18N4O3S. The fourth-order valence-corrected chi connectivity index (χ4v) is 2.38. The number of amides is 2. The molecule has 126 valence electrons. The number of benzene rings is 1. The van der Waals surface area contributed by atoms with Crippen LogP contribution in [0.2, 0.25) is 0 Å². The number of hydrogen-bond donors (Lipinski definition) is 2. The van der Waals surface area contributed by atoms with Crippen molar-refractivity contribution in [1.82, 2.24) is 10.2 Å². The summed E-state index contributed by atoms with van der Waals surface area (Å²) >= 11 is 1.26. The van der Waals surface area contributed by atoms with Crippen molar-refractivity contribution in [2.75, 3.05) is 23.5 Å². The summed E-state index contributed by atoms with van der Waals surface area (Å²) in [4.78, 5) is 23.3. The molecule has 0 unspecified atom stereocenters. The summed E-state index contributed by atoms with van der Waals surface area (Å²) in [7, 11) is 1.55. The number of carbonyl (C=O) groups is 2. The molecule has 8 heteroatoms. The lowest BCUT2D eigenvalue weighted by molar-refractivity contribution is -0.116. The molecule has 0 aliphatic rings. The summed E-state index contributed by atoms with van der Waals surface area (Å²) in [5, 5.41) is 13.9. The maximum Gasteiger partial charge on any atom is 0.234 e. The van der Waals surface area contributed by atoms with Crippen molar-refractivity contribution >= 4 is 35.1 Å². The highest BCUT2D eigenvalue weighted by molar-refractivity contribution is 7.99. The number of ether oxygens (including phenoxy) is 1. The van der Waals surface area contributed by atoms with E-state index in [9.17, 15) is 9.59 Å². The van der Waals surface area contributed by atoms with E-state index in [1.54, 1.807) is 38.3 Å². The quantitative estimate of drug-likeness (QED) is 0.749. The molecular weight excluding hydrogens is 328 g/mol. The number of nitrogens with one attached hydrogen (secondary N) is 2. The molecule has 0 radical (unpaired) electrons. The molecule has 2 N–H and O–H groups in total. The molecule has 0 saturated carbocycles. The van der Waals surface area contributed by atoms with Crippen LogP contribution in [0.1, 0.15) is 13.3 Å². The molecule has 7 nitrogen and oxygen atoms in total. The molecule has 0 aliphatic carbocycles. The van der Waals surface area contributed by atoms with Crippen LogP contribution in [0.25, 0.3) is 0 Å². The Hall–Kier alpha value is -2.61. The smallest absolute Gasteiger partial charge is 0.234 e. The van der Waals surface area contributed by atoms with Gasteiger partial charge in [0.25, 0.3) is 0 Å². The molecule has 0 spiro atoms. The number of rotatable bonds is 7. The lowest BCUT2D eigenvalue weighted by Crippen LogP contribution is -2.15. The molecule has 0 aliphatic heterocycles. The number of carbonyl (C=O) groups excluding carboxylic acids is 2. The number of methoxy groups -OCH3 is 1. The maximum absolute atomic E-state index is 12.0. The molecule has 2 aromatic rings. The highest BCUT2D eigenvalue weighted by Gasteiger charge is 2.08. The van der Waals surface area contributed by atoms with Gasteiger partial charge >= 0.3 is 0 Å². The molecule has 1 aromatic carbocycles. The third-order valence-electron chi connectivity index (χ3n) is 2.96. The fourth-order valence-electron chi connectivity index (χ4n) is 1.77. The van der Waals surface area contributed by atoms with Crippen LogP contribution in [0.5, 0.6) is 5.75 Å². The number of anilines is 2. The van der Waals surface area contributed by atoms with Gasteiger partial charge in [0.15, 0.2) is 5.82 Å². The Kier molecular flexibility index (Phi) is 6.56. The van der Waals surface area contributed by atoms with Crippen molar-refractivity contribution in [2.45, 2.75) is 18.4 Å². The van der Waals surface area contributed by atoms with E-state index in [2.05, 4.69) is 20.8 Å². The van der Waals surface area contributed by atoms with Gasteiger partial charge in [0.1, 0.15) is 10.8 Å². The van der Waals surface area contributed by atoms with Gasteiger partial charge in [-0.3, -0.25) is 9.59 Å². The SMILES string of the molecule is CCC(=O)Nc1ccc(SCC(=O)Nc2ccccc2OC)nn1. The van der Waals surface area contributed by atoms with Gasteiger partial charge < -0.3 is 15.4 Å². The van der Waals surface area contributed by atoms with E-state index < -0.39 is 0 Å². The Morgan fingerprint density at radius 3 is 2.54 bits per heavy atom. The second-order valence-corrected chi connectivity index (χ2v) is 5.69. The zero-order valence-electron chi connectivity index (χ0n) is 13.4. The predicted octanol–water partition coefficient (Wildman–Crippen LogP) is 2.56. The summed E-state index contributed by atoms with van der Waals surface area (Å²) in [6.07, 6.45) is 0.376. The molecule has 0 saturated heterocycles. The third-order valence-corrected chi connectivity index (χ3v) is 3.88. The fraction of sp³-hybridized carbons (Fsp3) is 0.250.